The molecule has 2 aromatic carbocycles. The second kappa shape index (κ2) is 12.7. The van der Waals surface area contributed by atoms with Crippen molar-refractivity contribution in [2.24, 2.45) is 0 Å². The third-order valence-corrected chi connectivity index (χ3v) is 5.22. The standard InChI is InChI=1S/C26H30N2O4/c1-31-18-19-32-17-16-27-25(29)12-6-7-13-26(30)28-20-23-10-3-2-8-21(23)14-15-22-9-4-5-11-24(22)28/h2-5,8-11H,6-7,12-13,16-20H2,1H3,(H,27,29). The Kier molecular flexibility index (Phi) is 9.30. The molecule has 0 saturated carbocycles. The van der Waals surface area contributed by atoms with Crippen molar-refractivity contribution >= 4 is 17.5 Å². The predicted octanol–water partition coefficient (Wildman–Crippen LogP) is 3.27. The number of rotatable bonds is 11. The quantitative estimate of drug-likeness (QED) is 0.435. The number of carbonyl (C=O) groups is 2. The molecule has 2 amide bonds. The highest BCUT2D eigenvalue weighted by atomic mass is 16.5. The van der Waals surface area contributed by atoms with Crippen LogP contribution in [0.1, 0.15) is 42.4 Å². The Labute approximate surface area is 189 Å². The summed E-state index contributed by atoms with van der Waals surface area (Å²) in [7, 11) is 1.62. The third-order valence-electron chi connectivity index (χ3n) is 5.22. The molecule has 1 N–H and O–H groups in total. The number of carbonyl (C=O) groups excluding carboxylic acids is 2. The Morgan fingerprint density at radius 2 is 1.66 bits per heavy atom. The molecule has 6 heteroatoms. The summed E-state index contributed by atoms with van der Waals surface area (Å²) >= 11 is 0. The first kappa shape index (κ1) is 23.5. The molecule has 32 heavy (non-hydrogen) atoms. The van der Waals surface area contributed by atoms with Crippen LogP contribution in [-0.2, 0) is 25.6 Å². The van der Waals surface area contributed by atoms with Crippen LogP contribution in [0.4, 0.5) is 5.69 Å². The van der Waals surface area contributed by atoms with Crippen LogP contribution >= 0.6 is 0 Å². The van der Waals surface area contributed by atoms with E-state index in [0.717, 1.165) is 22.4 Å². The lowest BCUT2D eigenvalue weighted by molar-refractivity contribution is -0.122. The molecule has 0 bridgehead atoms. The number of hydrogen-bond donors (Lipinski definition) is 1. The fraction of sp³-hybridized carbons (Fsp3) is 0.385. The van der Waals surface area contributed by atoms with Crippen molar-refractivity contribution < 1.29 is 19.1 Å². The maximum absolute atomic E-state index is 13.1. The SMILES string of the molecule is COCCOCCNC(=O)CCCCC(=O)N1Cc2ccccc2C#Cc2ccccc21. The highest BCUT2D eigenvalue weighted by molar-refractivity contribution is 5.95. The van der Waals surface area contributed by atoms with Crippen LogP contribution in [0.3, 0.4) is 0 Å². The molecule has 1 aliphatic rings. The van der Waals surface area contributed by atoms with E-state index in [1.165, 1.54) is 0 Å². The van der Waals surface area contributed by atoms with Gasteiger partial charge in [0.1, 0.15) is 0 Å². The monoisotopic (exact) mass is 434 g/mol. The number of anilines is 1. The first-order valence-electron chi connectivity index (χ1n) is 11.0. The molecule has 0 unspecified atom stereocenters. The normalized spacial score (nSPS) is 12.0. The van der Waals surface area contributed by atoms with Gasteiger partial charge in [0.15, 0.2) is 0 Å². The molecule has 0 fully saturated rings. The average molecular weight is 435 g/mol. The van der Waals surface area contributed by atoms with Gasteiger partial charge in [-0.1, -0.05) is 42.2 Å². The van der Waals surface area contributed by atoms with Crippen molar-refractivity contribution in [3.05, 3.63) is 65.2 Å². The van der Waals surface area contributed by atoms with Crippen LogP contribution in [0, 0.1) is 11.8 Å². The van der Waals surface area contributed by atoms with Gasteiger partial charge < -0.3 is 19.7 Å². The molecule has 1 aliphatic heterocycles. The lowest BCUT2D eigenvalue weighted by Crippen LogP contribution is -2.31. The average Bonchev–Trinajstić information content (AvgIpc) is 2.80. The van der Waals surface area contributed by atoms with Crippen molar-refractivity contribution in [2.75, 3.05) is 38.4 Å². The number of ether oxygens (including phenoxy) is 2. The molecule has 0 aromatic heterocycles. The fourth-order valence-electron chi connectivity index (χ4n) is 3.50. The first-order valence-corrected chi connectivity index (χ1v) is 11.0. The molecule has 0 spiro atoms. The zero-order valence-electron chi connectivity index (χ0n) is 18.6. The number of unbranched alkanes of at least 4 members (excludes halogenated alkanes) is 1. The lowest BCUT2D eigenvalue weighted by atomic mass is 10.0. The van der Waals surface area contributed by atoms with Gasteiger partial charge in [-0.3, -0.25) is 9.59 Å². The van der Waals surface area contributed by atoms with Crippen LogP contribution in [0.2, 0.25) is 0 Å². The van der Waals surface area contributed by atoms with Crippen molar-refractivity contribution in [3.8, 4) is 11.8 Å². The van der Waals surface area contributed by atoms with Crippen LogP contribution in [0.5, 0.6) is 0 Å². The van der Waals surface area contributed by atoms with E-state index in [9.17, 15) is 9.59 Å². The molecule has 2 aromatic rings. The second-order valence-electron chi connectivity index (χ2n) is 7.57. The summed E-state index contributed by atoms with van der Waals surface area (Å²) in [6.07, 6.45) is 2.10. The second-order valence-corrected chi connectivity index (χ2v) is 7.57. The number of nitrogens with one attached hydrogen (secondary N) is 1. The van der Waals surface area contributed by atoms with E-state index in [0.29, 0.717) is 58.6 Å². The minimum atomic E-state index is -0.0198. The summed E-state index contributed by atoms with van der Waals surface area (Å²) in [6, 6.07) is 15.7. The Bertz CT molecular complexity index is 977. The smallest absolute Gasteiger partial charge is 0.227 e. The van der Waals surface area contributed by atoms with Crippen molar-refractivity contribution in [1.29, 1.82) is 0 Å². The Hall–Kier alpha value is -3.14. The molecule has 0 radical (unpaired) electrons. The molecular formula is C26H30N2O4. The van der Waals surface area contributed by atoms with Gasteiger partial charge in [-0.25, -0.2) is 0 Å². The minimum absolute atomic E-state index is 0.0198. The molecule has 0 atom stereocenters. The molecular weight excluding hydrogens is 404 g/mol. The van der Waals surface area contributed by atoms with Crippen molar-refractivity contribution in [2.45, 2.75) is 32.2 Å². The van der Waals surface area contributed by atoms with E-state index in [1.54, 1.807) is 7.11 Å². The summed E-state index contributed by atoms with van der Waals surface area (Å²) in [5.74, 6) is 6.46. The summed E-state index contributed by atoms with van der Waals surface area (Å²) in [5, 5.41) is 2.83. The molecule has 0 saturated heterocycles. The van der Waals surface area contributed by atoms with Crippen LogP contribution in [0.15, 0.2) is 48.5 Å². The maximum Gasteiger partial charge on any atom is 0.227 e. The Morgan fingerprint density at radius 1 is 0.938 bits per heavy atom. The van der Waals surface area contributed by atoms with Gasteiger partial charge >= 0.3 is 0 Å². The van der Waals surface area contributed by atoms with Gasteiger partial charge in [-0.05, 0) is 36.6 Å². The number of methoxy groups -OCH3 is 1. The largest absolute Gasteiger partial charge is 0.382 e. The zero-order chi connectivity index (χ0) is 22.6. The maximum atomic E-state index is 13.1. The van der Waals surface area contributed by atoms with Crippen LogP contribution < -0.4 is 10.2 Å². The zero-order valence-corrected chi connectivity index (χ0v) is 18.6. The topological polar surface area (TPSA) is 67.9 Å². The summed E-state index contributed by atoms with van der Waals surface area (Å²) < 4.78 is 10.2. The number of nitrogens with zero attached hydrogens (tertiary/aromatic N) is 1. The van der Waals surface area contributed by atoms with Gasteiger partial charge in [0.25, 0.3) is 0 Å². The van der Waals surface area contributed by atoms with Crippen LogP contribution in [0.25, 0.3) is 0 Å². The van der Waals surface area contributed by atoms with E-state index in [-0.39, 0.29) is 11.8 Å². The van der Waals surface area contributed by atoms with Gasteiger partial charge in [-0.2, -0.15) is 0 Å². The first-order chi connectivity index (χ1) is 15.7. The van der Waals surface area contributed by atoms with Gasteiger partial charge in [0.05, 0.1) is 32.1 Å². The van der Waals surface area contributed by atoms with E-state index < -0.39 is 0 Å². The molecule has 6 nitrogen and oxygen atoms in total. The van der Waals surface area contributed by atoms with E-state index in [2.05, 4.69) is 17.2 Å². The molecule has 1 heterocycles. The van der Waals surface area contributed by atoms with E-state index in [1.807, 2.05) is 53.4 Å². The van der Waals surface area contributed by atoms with Gasteiger partial charge in [-0.15, -0.1) is 0 Å². The molecule has 3 rings (SSSR count). The van der Waals surface area contributed by atoms with Crippen molar-refractivity contribution in [3.63, 3.8) is 0 Å². The number of para-hydroxylation sites is 1. The number of benzene rings is 2. The van der Waals surface area contributed by atoms with Gasteiger partial charge in [0.2, 0.25) is 11.8 Å². The fourth-order valence-corrected chi connectivity index (χ4v) is 3.50. The Morgan fingerprint density at radius 3 is 2.50 bits per heavy atom. The van der Waals surface area contributed by atoms with E-state index in [4.69, 9.17) is 9.47 Å². The minimum Gasteiger partial charge on any atom is -0.382 e. The summed E-state index contributed by atoms with van der Waals surface area (Å²) in [6.45, 7) is 2.49. The number of hydrogen-bond acceptors (Lipinski definition) is 4. The number of fused-ring (bicyclic) bond motifs is 2. The summed E-state index contributed by atoms with van der Waals surface area (Å²) in [5.41, 5.74) is 3.67. The van der Waals surface area contributed by atoms with E-state index >= 15 is 0 Å². The Balaban J connectivity index is 1.50. The third kappa shape index (κ3) is 6.94. The predicted molar refractivity (Wildman–Crippen MR) is 124 cm³/mol. The molecule has 0 aliphatic carbocycles. The molecule has 168 valence electrons. The number of amides is 2. The highest BCUT2D eigenvalue weighted by Crippen LogP contribution is 2.26. The van der Waals surface area contributed by atoms with Gasteiger partial charge in [0, 0.05) is 37.6 Å². The summed E-state index contributed by atoms with van der Waals surface area (Å²) in [4.78, 5) is 26.9. The highest BCUT2D eigenvalue weighted by Gasteiger charge is 2.20. The van der Waals surface area contributed by atoms with Crippen LogP contribution in [-0.4, -0.2) is 45.3 Å². The lowest BCUT2D eigenvalue weighted by Gasteiger charge is -2.26. The van der Waals surface area contributed by atoms with Crippen molar-refractivity contribution in [1.82, 2.24) is 5.32 Å².